The number of nitrogens with one attached hydrogen (secondary N) is 1. The third-order valence-electron chi connectivity index (χ3n) is 4.01. The van der Waals surface area contributed by atoms with Crippen molar-refractivity contribution in [1.82, 2.24) is 24.6 Å². The van der Waals surface area contributed by atoms with Gasteiger partial charge in [0, 0.05) is 19.0 Å². The second-order valence-electron chi connectivity index (χ2n) is 5.76. The third kappa shape index (κ3) is 4.00. The number of carbonyl (C=O) groups is 1. The Balaban J connectivity index is 1.50. The second-order valence-corrected chi connectivity index (χ2v) is 8.67. The molecule has 1 aliphatic heterocycles. The average molecular weight is 369 g/mol. The predicted molar refractivity (Wildman–Crippen MR) is 90.2 cm³/mol. The zero-order valence-electron chi connectivity index (χ0n) is 13.3. The number of nitrogens with zero attached hydrogens (tertiary/aromatic N) is 4. The van der Waals surface area contributed by atoms with Gasteiger partial charge in [-0.15, -0.1) is 16.4 Å². The highest BCUT2D eigenvalue weighted by Crippen LogP contribution is 2.19. The van der Waals surface area contributed by atoms with Crippen LogP contribution < -0.4 is 5.32 Å². The van der Waals surface area contributed by atoms with Crippen LogP contribution in [-0.2, 0) is 21.4 Å². The molecule has 8 nitrogen and oxygen atoms in total. The lowest BCUT2D eigenvalue weighted by Crippen LogP contribution is -2.42. The van der Waals surface area contributed by atoms with E-state index in [0.717, 1.165) is 5.00 Å². The highest BCUT2D eigenvalue weighted by atomic mass is 32.2. The van der Waals surface area contributed by atoms with E-state index in [1.807, 2.05) is 17.5 Å². The standard InChI is InChI=1S/C14H19N5O3S2/c1-24(21,22)18-6-4-11(5-7-18)14(20)15-9-12-10-19(17-16-12)13-3-2-8-23-13/h2-3,8,10-11H,4-7,9H2,1H3,(H,15,20). The molecule has 2 aromatic heterocycles. The van der Waals surface area contributed by atoms with E-state index >= 15 is 0 Å². The second kappa shape index (κ2) is 6.99. The van der Waals surface area contributed by atoms with Crippen LogP contribution in [0, 0.1) is 5.92 Å². The van der Waals surface area contributed by atoms with Gasteiger partial charge in [0.25, 0.3) is 0 Å². The number of carbonyl (C=O) groups excluding carboxylic acids is 1. The van der Waals surface area contributed by atoms with E-state index in [0.29, 0.717) is 38.2 Å². The first kappa shape index (κ1) is 17.1. The maximum atomic E-state index is 12.2. The number of hydrogen-bond donors (Lipinski definition) is 1. The van der Waals surface area contributed by atoms with Crippen LogP contribution in [0.3, 0.4) is 0 Å². The van der Waals surface area contributed by atoms with Crippen LogP contribution in [0.1, 0.15) is 18.5 Å². The van der Waals surface area contributed by atoms with E-state index in [4.69, 9.17) is 0 Å². The van der Waals surface area contributed by atoms with Crippen molar-refractivity contribution in [2.45, 2.75) is 19.4 Å². The van der Waals surface area contributed by atoms with Crippen molar-refractivity contribution < 1.29 is 13.2 Å². The van der Waals surface area contributed by atoms with Gasteiger partial charge in [-0.2, -0.15) is 0 Å². The Morgan fingerprint density at radius 1 is 1.42 bits per heavy atom. The molecule has 130 valence electrons. The molecule has 0 bridgehead atoms. The van der Waals surface area contributed by atoms with Gasteiger partial charge in [0.1, 0.15) is 10.7 Å². The summed E-state index contributed by atoms with van der Waals surface area (Å²) >= 11 is 1.56. The van der Waals surface area contributed by atoms with E-state index in [2.05, 4.69) is 15.6 Å². The molecule has 0 atom stereocenters. The van der Waals surface area contributed by atoms with Gasteiger partial charge in [0.15, 0.2) is 0 Å². The summed E-state index contributed by atoms with van der Waals surface area (Å²) in [6.45, 7) is 1.10. The summed E-state index contributed by atoms with van der Waals surface area (Å²) in [4.78, 5) is 12.2. The Kier molecular flexibility index (Phi) is 4.97. The fourth-order valence-electron chi connectivity index (χ4n) is 2.66. The van der Waals surface area contributed by atoms with Crippen LogP contribution in [-0.4, -0.2) is 53.0 Å². The third-order valence-corrected chi connectivity index (χ3v) is 6.17. The highest BCUT2D eigenvalue weighted by Gasteiger charge is 2.28. The van der Waals surface area contributed by atoms with Crippen molar-refractivity contribution in [3.63, 3.8) is 0 Å². The Hall–Kier alpha value is -1.78. The summed E-state index contributed by atoms with van der Waals surface area (Å²) in [6.07, 6.45) is 4.07. The van der Waals surface area contributed by atoms with Crippen molar-refractivity contribution in [2.24, 2.45) is 5.92 Å². The van der Waals surface area contributed by atoms with E-state index in [1.54, 1.807) is 22.2 Å². The van der Waals surface area contributed by atoms with Gasteiger partial charge in [-0.05, 0) is 30.4 Å². The minimum atomic E-state index is -3.17. The van der Waals surface area contributed by atoms with Crippen molar-refractivity contribution >= 4 is 27.3 Å². The lowest BCUT2D eigenvalue weighted by molar-refractivity contribution is -0.126. The number of piperidine rings is 1. The maximum absolute atomic E-state index is 12.2. The van der Waals surface area contributed by atoms with E-state index in [1.165, 1.54) is 10.6 Å². The molecule has 0 unspecified atom stereocenters. The first-order valence-electron chi connectivity index (χ1n) is 7.61. The number of rotatable bonds is 5. The molecule has 0 aliphatic carbocycles. The van der Waals surface area contributed by atoms with Crippen LogP contribution in [0.2, 0.25) is 0 Å². The number of amides is 1. The summed E-state index contributed by atoms with van der Waals surface area (Å²) in [5.41, 5.74) is 0.685. The van der Waals surface area contributed by atoms with Crippen LogP contribution >= 0.6 is 11.3 Å². The molecule has 3 heterocycles. The van der Waals surface area contributed by atoms with Crippen molar-refractivity contribution in [3.05, 3.63) is 29.4 Å². The summed E-state index contributed by atoms with van der Waals surface area (Å²) in [6, 6.07) is 3.88. The quantitative estimate of drug-likeness (QED) is 0.833. The zero-order valence-corrected chi connectivity index (χ0v) is 14.9. The molecule has 1 aliphatic rings. The molecule has 1 amide bonds. The van der Waals surface area contributed by atoms with Crippen LogP contribution in [0.5, 0.6) is 0 Å². The SMILES string of the molecule is CS(=O)(=O)N1CCC(C(=O)NCc2cn(-c3cccs3)nn2)CC1. The molecule has 1 N–H and O–H groups in total. The fraction of sp³-hybridized carbons (Fsp3) is 0.500. The van der Waals surface area contributed by atoms with E-state index in [9.17, 15) is 13.2 Å². The Morgan fingerprint density at radius 2 is 2.17 bits per heavy atom. The minimum Gasteiger partial charge on any atom is -0.350 e. The van der Waals surface area contributed by atoms with E-state index in [-0.39, 0.29) is 11.8 Å². The summed E-state index contributed by atoms with van der Waals surface area (Å²) < 4.78 is 26.1. The molecule has 10 heteroatoms. The highest BCUT2D eigenvalue weighted by molar-refractivity contribution is 7.88. The van der Waals surface area contributed by atoms with E-state index < -0.39 is 10.0 Å². The maximum Gasteiger partial charge on any atom is 0.223 e. The number of sulfonamides is 1. The Labute approximate surface area is 144 Å². The van der Waals surface area contributed by atoms with Crippen molar-refractivity contribution in [2.75, 3.05) is 19.3 Å². The van der Waals surface area contributed by atoms with Gasteiger partial charge in [0.05, 0.1) is 19.0 Å². The van der Waals surface area contributed by atoms with Gasteiger partial charge in [-0.1, -0.05) is 5.21 Å². The molecule has 0 radical (unpaired) electrons. The van der Waals surface area contributed by atoms with Gasteiger partial charge < -0.3 is 5.32 Å². The summed E-state index contributed by atoms with van der Waals surface area (Å²) in [5.74, 6) is -0.218. The topological polar surface area (TPSA) is 97.2 Å². The molecule has 2 aromatic rings. The first-order chi connectivity index (χ1) is 11.4. The van der Waals surface area contributed by atoms with Crippen LogP contribution in [0.25, 0.3) is 5.00 Å². The number of aromatic nitrogens is 3. The summed E-state index contributed by atoms with van der Waals surface area (Å²) in [7, 11) is -3.17. The van der Waals surface area contributed by atoms with Gasteiger partial charge in [-0.25, -0.2) is 17.4 Å². The molecular weight excluding hydrogens is 350 g/mol. The normalized spacial score (nSPS) is 17.0. The Morgan fingerprint density at radius 3 is 2.79 bits per heavy atom. The number of thiophene rings is 1. The largest absolute Gasteiger partial charge is 0.350 e. The van der Waals surface area contributed by atoms with Crippen LogP contribution in [0.4, 0.5) is 0 Å². The molecule has 0 spiro atoms. The molecule has 0 aromatic carbocycles. The average Bonchev–Trinajstić information content (AvgIpc) is 3.23. The molecular formula is C14H19N5O3S2. The van der Waals surface area contributed by atoms with Crippen LogP contribution in [0.15, 0.2) is 23.7 Å². The molecule has 1 fully saturated rings. The van der Waals surface area contributed by atoms with Crippen molar-refractivity contribution in [3.8, 4) is 5.00 Å². The fourth-order valence-corrected chi connectivity index (χ4v) is 4.18. The molecule has 3 rings (SSSR count). The minimum absolute atomic E-state index is 0.0613. The molecule has 1 saturated heterocycles. The smallest absolute Gasteiger partial charge is 0.223 e. The zero-order chi connectivity index (χ0) is 17.2. The monoisotopic (exact) mass is 369 g/mol. The summed E-state index contributed by atoms with van der Waals surface area (Å²) in [5, 5.41) is 13.9. The predicted octanol–water partition coefficient (Wildman–Crippen LogP) is 0.617. The van der Waals surface area contributed by atoms with Crippen molar-refractivity contribution in [1.29, 1.82) is 0 Å². The molecule has 0 saturated carbocycles. The first-order valence-corrected chi connectivity index (χ1v) is 10.3. The van der Waals surface area contributed by atoms with Gasteiger partial charge >= 0.3 is 0 Å². The lowest BCUT2D eigenvalue weighted by atomic mass is 9.97. The molecule has 24 heavy (non-hydrogen) atoms. The Bertz CT molecular complexity index is 792. The lowest BCUT2D eigenvalue weighted by Gasteiger charge is -2.29. The number of hydrogen-bond acceptors (Lipinski definition) is 6. The van der Waals surface area contributed by atoms with Gasteiger partial charge in [0.2, 0.25) is 15.9 Å². The van der Waals surface area contributed by atoms with Gasteiger partial charge in [-0.3, -0.25) is 4.79 Å².